The maximum Gasteiger partial charge on any atom is 0.159 e. The molecule has 14 heavy (non-hydrogen) atoms. The quantitative estimate of drug-likeness (QED) is 0.621. The van der Waals surface area contributed by atoms with Crippen molar-refractivity contribution in [3.63, 3.8) is 0 Å². The number of rotatable bonds is 2. The Kier molecular flexibility index (Phi) is 2.07. The molecule has 0 unspecified atom stereocenters. The zero-order valence-electron chi connectivity index (χ0n) is 8.27. The van der Waals surface area contributed by atoms with Crippen molar-refractivity contribution in [3.05, 3.63) is 11.9 Å². The second kappa shape index (κ2) is 3.25. The summed E-state index contributed by atoms with van der Waals surface area (Å²) >= 11 is 0. The Morgan fingerprint density at radius 1 is 1.64 bits per heavy atom. The highest BCUT2D eigenvalue weighted by Gasteiger charge is 2.22. The van der Waals surface area contributed by atoms with Crippen LogP contribution in [-0.4, -0.2) is 48.0 Å². The van der Waals surface area contributed by atoms with Crippen LogP contribution in [0.3, 0.4) is 0 Å². The summed E-state index contributed by atoms with van der Waals surface area (Å²) in [7, 11) is 1.94. The van der Waals surface area contributed by atoms with E-state index >= 15 is 0 Å². The third-order valence-corrected chi connectivity index (χ3v) is 2.09. The molecule has 0 bridgehead atoms. The number of carbonyl (C=O) groups is 1. The van der Waals surface area contributed by atoms with E-state index in [-0.39, 0.29) is 5.78 Å². The SMILES string of the molecule is CC(=O)CN1C=C2N=CN=C2N(C)C1. The van der Waals surface area contributed by atoms with Crippen LogP contribution in [0, 0.1) is 0 Å². The Labute approximate surface area is 82.4 Å². The zero-order chi connectivity index (χ0) is 10.1. The normalized spacial score (nSPS) is 19.3. The number of ketones is 1. The second-order valence-corrected chi connectivity index (χ2v) is 3.50. The van der Waals surface area contributed by atoms with Gasteiger partial charge in [0.05, 0.1) is 13.2 Å². The van der Waals surface area contributed by atoms with Gasteiger partial charge in [0.1, 0.15) is 17.8 Å². The molecular formula is C9H12N4O. The fourth-order valence-electron chi connectivity index (χ4n) is 1.59. The Hall–Kier alpha value is -1.65. The summed E-state index contributed by atoms with van der Waals surface area (Å²) in [5.74, 6) is 1.03. The number of aliphatic imine (C=N–C) groups is 2. The Balaban J connectivity index is 2.18. The Morgan fingerprint density at radius 2 is 2.43 bits per heavy atom. The highest BCUT2D eigenvalue weighted by Crippen LogP contribution is 2.16. The summed E-state index contributed by atoms with van der Waals surface area (Å²) in [6.45, 7) is 2.70. The van der Waals surface area contributed by atoms with Crippen LogP contribution in [0.1, 0.15) is 6.92 Å². The molecule has 0 aliphatic carbocycles. The van der Waals surface area contributed by atoms with Crippen molar-refractivity contribution in [1.82, 2.24) is 9.80 Å². The molecule has 5 heteroatoms. The lowest BCUT2D eigenvalue weighted by molar-refractivity contribution is -0.117. The van der Waals surface area contributed by atoms with E-state index in [1.807, 2.05) is 23.0 Å². The molecule has 0 atom stereocenters. The number of hydrogen-bond donors (Lipinski definition) is 0. The van der Waals surface area contributed by atoms with Crippen LogP contribution in [0.5, 0.6) is 0 Å². The lowest BCUT2D eigenvalue weighted by atomic mass is 10.3. The van der Waals surface area contributed by atoms with E-state index in [2.05, 4.69) is 9.98 Å². The third-order valence-electron chi connectivity index (χ3n) is 2.09. The van der Waals surface area contributed by atoms with Crippen LogP contribution >= 0.6 is 0 Å². The highest BCUT2D eigenvalue weighted by molar-refractivity contribution is 6.06. The van der Waals surface area contributed by atoms with Crippen LogP contribution in [0.15, 0.2) is 21.9 Å². The first-order chi connectivity index (χ1) is 6.66. The Bertz CT molecular complexity index is 356. The largest absolute Gasteiger partial charge is 0.350 e. The molecule has 0 aromatic heterocycles. The first-order valence-electron chi connectivity index (χ1n) is 4.44. The summed E-state index contributed by atoms with van der Waals surface area (Å²) in [5.41, 5.74) is 0.833. The fourth-order valence-corrected chi connectivity index (χ4v) is 1.59. The van der Waals surface area contributed by atoms with Gasteiger partial charge in [-0.3, -0.25) is 4.79 Å². The van der Waals surface area contributed by atoms with E-state index in [0.29, 0.717) is 13.2 Å². The predicted octanol–water partition coefficient (Wildman–Crippen LogP) is 0.0621. The summed E-state index contributed by atoms with van der Waals surface area (Å²) in [6, 6.07) is 0. The van der Waals surface area contributed by atoms with Crippen LogP contribution in [0.4, 0.5) is 0 Å². The first kappa shape index (κ1) is 8.93. The zero-order valence-corrected chi connectivity index (χ0v) is 8.27. The molecule has 0 aromatic rings. The van der Waals surface area contributed by atoms with Gasteiger partial charge in [0.25, 0.3) is 0 Å². The number of likely N-dealkylation sites (N-methyl/N-ethyl adjacent to an activating group) is 1. The van der Waals surface area contributed by atoms with Gasteiger partial charge in [-0.1, -0.05) is 0 Å². The molecule has 2 aliphatic heterocycles. The molecule has 2 rings (SSSR count). The van der Waals surface area contributed by atoms with Gasteiger partial charge in [0.15, 0.2) is 5.84 Å². The number of nitrogens with zero attached hydrogens (tertiary/aromatic N) is 4. The van der Waals surface area contributed by atoms with Crippen molar-refractivity contribution in [2.75, 3.05) is 20.3 Å². The lowest BCUT2D eigenvalue weighted by Crippen LogP contribution is -2.42. The van der Waals surface area contributed by atoms with Gasteiger partial charge in [-0.25, -0.2) is 9.98 Å². The molecule has 2 heterocycles. The minimum atomic E-state index is 0.151. The molecule has 0 fully saturated rings. The van der Waals surface area contributed by atoms with Gasteiger partial charge in [0, 0.05) is 13.2 Å². The van der Waals surface area contributed by atoms with Crippen LogP contribution in [-0.2, 0) is 4.79 Å². The summed E-state index contributed by atoms with van der Waals surface area (Å²) in [5, 5.41) is 0. The molecule has 0 amide bonds. The number of carbonyl (C=O) groups excluding carboxylic acids is 1. The van der Waals surface area contributed by atoms with Gasteiger partial charge in [-0.05, 0) is 6.92 Å². The van der Waals surface area contributed by atoms with E-state index in [1.54, 1.807) is 6.92 Å². The highest BCUT2D eigenvalue weighted by atomic mass is 16.1. The van der Waals surface area contributed by atoms with Gasteiger partial charge >= 0.3 is 0 Å². The summed E-state index contributed by atoms with van der Waals surface area (Å²) < 4.78 is 0. The maximum atomic E-state index is 11.0. The van der Waals surface area contributed by atoms with Crippen molar-refractivity contribution in [2.24, 2.45) is 9.98 Å². The minimum absolute atomic E-state index is 0.151. The number of amidine groups is 1. The number of Topliss-reactive ketones (excluding diaryl/α,β-unsaturated/α-hetero) is 1. The van der Waals surface area contributed by atoms with Crippen molar-refractivity contribution in [3.8, 4) is 0 Å². The molecule has 0 N–H and O–H groups in total. The molecule has 0 aromatic carbocycles. The molecule has 0 saturated heterocycles. The van der Waals surface area contributed by atoms with E-state index < -0.39 is 0 Å². The molecule has 74 valence electrons. The standard InChI is InChI=1S/C9H12N4O/c1-7(14)3-13-4-8-9(11-5-10-8)12(2)6-13/h4-5H,3,6H2,1-2H3. The number of hydrogen-bond acceptors (Lipinski definition) is 5. The fraction of sp³-hybridized carbons (Fsp3) is 0.444. The maximum absolute atomic E-state index is 11.0. The van der Waals surface area contributed by atoms with E-state index in [0.717, 1.165) is 11.5 Å². The van der Waals surface area contributed by atoms with E-state index in [1.165, 1.54) is 6.34 Å². The van der Waals surface area contributed by atoms with Crippen molar-refractivity contribution in [1.29, 1.82) is 0 Å². The van der Waals surface area contributed by atoms with Gasteiger partial charge < -0.3 is 9.80 Å². The van der Waals surface area contributed by atoms with Crippen LogP contribution in [0.2, 0.25) is 0 Å². The average Bonchev–Trinajstić information content (AvgIpc) is 2.50. The smallest absolute Gasteiger partial charge is 0.159 e. The minimum Gasteiger partial charge on any atom is -0.350 e. The Morgan fingerprint density at radius 3 is 3.14 bits per heavy atom. The monoisotopic (exact) mass is 192 g/mol. The summed E-state index contributed by atoms with van der Waals surface area (Å²) in [4.78, 5) is 23.1. The lowest BCUT2D eigenvalue weighted by Gasteiger charge is -2.31. The molecule has 5 nitrogen and oxygen atoms in total. The first-order valence-corrected chi connectivity index (χ1v) is 4.44. The van der Waals surface area contributed by atoms with Gasteiger partial charge in [0.2, 0.25) is 0 Å². The van der Waals surface area contributed by atoms with E-state index in [9.17, 15) is 4.79 Å². The van der Waals surface area contributed by atoms with E-state index in [4.69, 9.17) is 0 Å². The van der Waals surface area contributed by atoms with Crippen molar-refractivity contribution < 1.29 is 4.79 Å². The van der Waals surface area contributed by atoms with Gasteiger partial charge in [-0.15, -0.1) is 0 Å². The van der Waals surface area contributed by atoms with Gasteiger partial charge in [-0.2, -0.15) is 0 Å². The topological polar surface area (TPSA) is 48.3 Å². The van der Waals surface area contributed by atoms with Crippen LogP contribution in [0.25, 0.3) is 0 Å². The molecule has 0 radical (unpaired) electrons. The molecule has 0 spiro atoms. The van der Waals surface area contributed by atoms with Crippen LogP contribution < -0.4 is 0 Å². The molecule has 0 saturated carbocycles. The molecular weight excluding hydrogens is 180 g/mol. The average molecular weight is 192 g/mol. The predicted molar refractivity (Wildman–Crippen MR) is 54.0 cm³/mol. The molecule has 2 aliphatic rings. The third kappa shape index (κ3) is 1.53. The van der Waals surface area contributed by atoms with Crippen molar-refractivity contribution >= 4 is 18.0 Å². The summed E-state index contributed by atoms with van der Waals surface area (Å²) in [6.07, 6.45) is 3.42. The number of fused-ring (bicyclic) bond motifs is 1. The van der Waals surface area contributed by atoms with Crippen molar-refractivity contribution in [2.45, 2.75) is 6.92 Å². The second-order valence-electron chi connectivity index (χ2n) is 3.50.